The van der Waals surface area contributed by atoms with E-state index in [2.05, 4.69) is 0 Å². The van der Waals surface area contributed by atoms with Crippen molar-refractivity contribution in [2.24, 2.45) is 0 Å². The topological polar surface area (TPSA) is 114 Å². The van der Waals surface area contributed by atoms with Gasteiger partial charge in [0.2, 0.25) is 0 Å². The summed E-state index contributed by atoms with van der Waals surface area (Å²) in [6.45, 7) is 4.27. The lowest BCUT2D eigenvalue weighted by Crippen LogP contribution is -2.43. The zero-order chi connectivity index (χ0) is 28.5. The molecule has 3 aromatic rings. The minimum Gasteiger partial charge on any atom is -0.497 e. The van der Waals surface area contributed by atoms with Crippen LogP contribution in [0.15, 0.2) is 70.4 Å². The summed E-state index contributed by atoms with van der Waals surface area (Å²) in [4.78, 5) is 41.6. The first-order valence-electron chi connectivity index (χ1n) is 13.7. The predicted molar refractivity (Wildman–Crippen MR) is 146 cm³/mol. The van der Waals surface area contributed by atoms with E-state index < -0.39 is 53.8 Å². The summed E-state index contributed by atoms with van der Waals surface area (Å²) >= 11 is 0. The molecule has 7 rings (SSSR count). The molecule has 0 unspecified atom stereocenters. The molecular weight excluding hydrogens is 530 g/mol. The molecule has 0 saturated carbocycles. The number of aromatic nitrogens is 2. The molecule has 11 heteroatoms. The van der Waals surface area contributed by atoms with Crippen molar-refractivity contribution in [3.8, 4) is 5.75 Å². The maximum Gasteiger partial charge on any atom is 0.333 e. The minimum atomic E-state index is -0.931. The van der Waals surface area contributed by atoms with Crippen LogP contribution in [-0.2, 0) is 36.7 Å². The Morgan fingerprint density at radius 3 is 2.49 bits per heavy atom. The molecule has 3 fully saturated rings. The molecule has 5 heterocycles. The predicted octanol–water partition coefficient (Wildman–Crippen LogP) is 1.84. The smallest absolute Gasteiger partial charge is 0.333 e. The molecular formula is C30H31N3O8. The third kappa shape index (κ3) is 4.49. The van der Waals surface area contributed by atoms with Crippen LogP contribution in [0.25, 0.3) is 0 Å². The van der Waals surface area contributed by atoms with Gasteiger partial charge in [-0.2, -0.15) is 0 Å². The summed E-state index contributed by atoms with van der Waals surface area (Å²) in [5.41, 5.74) is 1.84. The maximum atomic E-state index is 13.6. The van der Waals surface area contributed by atoms with E-state index in [1.807, 2.05) is 24.3 Å². The largest absolute Gasteiger partial charge is 0.497 e. The number of carbonyl (C=O) groups excluding carboxylic acids is 1. The molecule has 0 aliphatic carbocycles. The highest BCUT2D eigenvalue weighted by molar-refractivity contribution is 6.00. The number of ether oxygens (including phenoxy) is 5. The molecule has 0 spiro atoms. The third-order valence-corrected chi connectivity index (χ3v) is 8.18. The number of carbonyl (C=O) groups is 1. The number of hydrogen-bond acceptors (Lipinski definition) is 8. The molecule has 1 aromatic heterocycles. The second kappa shape index (κ2) is 9.66. The molecule has 2 aromatic carbocycles. The van der Waals surface area contributed by atoms with Gasteiger partial charge >= 0.3 is 5.69 Å². The molecule has 214 valence electrons. The number of para-hydroxylation sites is 1. The molecule has 3 saturated heterocycles. The number of rotatable bonds is 6. The third-order valence-electron chi connectivity index (χ3n) is 8.18. The van der Waals surface area contributed by atoms with Crippen LogP contribution >= 0.6 is 0 Å². The zero-order valence-corrected chi connectivity index (χ0v) is 23.0. The average Bonchev–Trinajstić information content (AvgIpc) is 3.36. The van der Waals surface area contributed by atoms with Crippen molar-refractivity contribution >= 4 is 11.6 Å². The normalized spacial score (nSPS) is 29.3. The van der Waals surface area contributed by atoms with Gasteiger partial charge in [-0.25, -0.2) is 4.79 Å². The molecule has 0 bridgehead atoms. The van der Waals surface area contributed by atoms with E-state index in [-0.39, 0.29) is 12.5 Å². The number of benzene rings is 2. The highest BCUT2D eigenvalue weighted by Crippen LogP contribution is 2.47. The first-order valence-corrected chi connectivity index (χ1v) is 13.7. The second-order valence-corrected chi connectivity index (χ2v) is 11.2. The van der Waals surface area contributed by atoms with Gasteiger partial charge in [0, 0.05) is 24.5 Å². The van der Waals surface area contributed by atoms with Gasteiger partial charge in [0.25, 0.3) is 11.5 Å². The van der Waals surface area contributed by atoms with Crippen molar-refractivity contribution in [2.75, 3.05) is 18.6 Å². The Kier molecular flexibility index (Phi) is 6.16. The SMILES string of the molecule is COc1ccc(Cn2c(=O)ccn([C@@H]3O[C@H]([C@@H]4O[C@H]4C(=O)N4CCc5ccccc54)[C@H]4OC(C)(C)O[C@H]43)c2=O)cc1. The van der Waals surface area contributed by atoms with Gasteiger partial charge in [0.1, 0.15) is 30.2 Å². The summed E-state index contributed by atoms with van der Waals surface area (Å²) in [6.07, 6.45) is -1.76. The van der Waals surface area contributed by atoms with E-state index >= 15 is 0 Å². The van der Waals surface area contributed by atoms with E-state index in [4.69, 9.17) is 23.7 Å². The van der Waals surface area contributed by atoms with E-state index in [1.165, 1.54) is 16.8 Å². The first kappa shape index (κ1) is 26.1. The quantitative estimate of drug-likeness (QED) is 0.419. The molecule has 1 amide bonds. The minimum absolute atomic E-state index is 0.0786. The number of amides is 1. The van der Waals surface area contributed by atoms with Gasteiger partial charge in [-0.3, -0.25) is 18.7 Å². The monoisotopic (exact) mass is 561 g/mol. The molecule has 11 nitrogen and oxygen atoms in total. The van der Waals surface area contributed by atoms with Gasteiger partial charge in [0.05, 0.1) is 13.7 Å². The second-order valence-electron chi connectivity index (χ2n) is 11.2. The highest BCUT2D eigenvalue weighted by atomic mass is 16.8. The van der Waals surface area contributed by atoms with Crippen molar-refractivity contribution in [2.45, 2.75) is 69.3 Å². The van der Waals surface area contributed by atoms with E-state index in [0.717, 1.165) is 27.8 Å². The molecule has 0 radical (unpaired) electrons. The molecule has 4 aliphatic heterocycles. The summed E-state index contributed by atoms with van der Waals surface area (Å²) in [5.74, 6) is -0.372. The summed E-state index contributed by atoms with van der Waals surface area (Å²) in [7, 11) is 1.57. The first-order chi connectivity index (χ1) is 19.7. The van der Waals surface area contributed by atoms with Gasteiger partial charge in [-0.05, 0) is 49.6 Å². The number of nitrogens with zero attached hydrogens (tertiary/aromatic N) is 3. The lowest BCUT2D eigenvalue weighted by atomic mass is 10.1. The molecule has 0 N–H and O–H groups in total. The van der Waals surface area contributed by atoms with Crippen LogP contribution in [0, 0.1) is 0 Å². The fraction of sp³-hybridized carbons (Fsp3) is 0.433. The Labute approximate surface area is 235 Å². The Morgan fingerprint density at radius 1 is 0.951 bits per heavy atom. The molecule has 6 atom stereocenters. The van der Waals surface area contributed by atoms with Gasteiger partial charge in [-0.1, -0.05) is 30.3 Å². The zero-order valence-electron chi connectivity index (χ0n) is 23.0. The summed E-state index contributed by atoms with van der Waals surface area (Å²) in [6, 6.07) is 16.4. The number of fused-ring (bicyclic) bond motifs is 2. The average molecular weight is 562 g/mol. The lowest BCUT2D eigenvalue weighted by molar-refractivity contribution is -0.199. The van der Waals surface area contributed by atoms with Crippen LogP contribution in [0.3, 0.4) is 0 Å². The van der Waals surface area contributed by atoms with Crippen LogP contribution in [0.1, 0.15) is 31.2 Å². The molecule has 4 aliphatic rings. The van der Waals surface area contributed by atoms with E-state index in [1.54, 1.807) is 50.1 Å². The maximum absolute atomic E-state index is 13.6. The standard InChI is InChI=1S/C30H31N3O8/c1-30(2)40-24-22(23-25(38-23)27(35)31-14-12-18-6-4-5-7-20(18)31)39-28(26(24)41-30)32-15-13-21(34)33(29(32)36)16-17-8-10-19(37-3)11-9-17/h4-11,13,15,22-26,28H,12,14,16H2,1-3H3/t22-,23+,24-,25-,26-,28-/m1/s1. The van der Waals surface area contributed by atoms with Crippen molar-refractivity contribution in [3.05, 3.63) is 92.8 Å². The van der Waals surface area contributed by atoms with Crippen LogP contribution in [0.5, 0.6) is 5.75 Å². The Bertz CT molecular complexity index is 1610. The Hall–Kier alpha value is -3.77. The Morgan fingerprint density at radius 2 is 1.71 bits per heavy atom. The van der Waals surface area contributed by atoms with Crippen molar-refractivity contribution < 1.29 is 28.5 Å². The number of hydrogen-bond donors (Lipinski definition) is 0. The number of methoxy groups -OCH3 is 1. The highest BCUT2D eigenvalue weighted by Gasteiger charge is 2.64. The number of anilines is 1. The van der Waals surface area contributed by atoms with Gasteiger partial charge in [-0.15, -0.1) is 0 Å². The van der Waals surface area contributed by atoms with Crippen molar-refractivity contribution in [1.82, 2.24) is 9.13 Å². The lowest BCUT2D eigenvalue weighted by Gasteiger charge is -2.25. The summed E-state index contributed by atoms with van der Waals surface area (Å²) in [5, 5.41) is 0. The molecule has 41 heavy (non-hydrogen) atoms. The van der Waals surface area contributed by atoms with Gasteiger partial charge < -0.3 is 28.6 Å². The van der Waals surface area contributed by atoms with Crippen molar-refractivity contribution in [1.29, 1.82) is 0 Å². The van der Waals surface area contributed by atoms with Crippen LogP contribution in [0.2, 0.25) is 0 Å². The number of epoxide rings is 1. The van der Waals surface area contributed by atoms with E-state index in [9.17, 15) is 14.4 Å². The fourth-order valence-corrected chi connectivity index (χ4v) is 6.17. The van der Waals surface area contributed by atoms with E-state index in [0.29, 0.717) is 12.3 Å². The van der Waals surface area contributed by atoms with Crippen LogP contribution in [0.4, 0.5) is 5.69 Å². The summed E-state index contributed by atoms with van der Waals surface area (Å²) < 4.78 is 32.4. The van der Waals surface area contributed by atoms with Gasteiger partial charge in [0.15, 0.2) is 18.1 Å². The fourth-order valence-electron chi connectivity index (χ4n) is 6.17. The Balaban J connectivity index is 1.15. The van der Waals surface area contributed by atoms with Crippen LogP contribution < -0.4 is 20.9 Å². The van der Waals surface area contributed by atoms with Crippen molar-refractivity contribution in [3.63, 3.8) is 0 Å². The van der Waals surface area contributed by atoms with Crippen LogP contribution in [-0.4, -0.2) is 65.0 Å².